The van der Waals surface area contributed by atoms with E-state index in [1.807, 2.05) is 0 Å². The van der Waals surface area contributed by atoms with Gasteiger partial charge in [0.1, 0.15) is 0 Å². The fraction of sp³-hybridized carbons (Fsp3) is 0.889. The van der Waals surface area contributed by atoms with Crippen LogP contribution in [0.3, 0.4) is 0 Å². The topological polar surface area (TPSA) is 9.23 Å². The molecule has 11 heavy (non-hydrogen) atoms. The summed E-state index contributed by atoms with van der Waals surface area (Å²) in [5.41, 5.74) is 0. The van der Waals surface area contributed by atoms with Crippen LogP contribution in [0.1, 0.15) is 26.2 Å². The van der Waals surface area contributed by atoms with Crippen LogP contribution in [0.2, 0.25) is 0 Å². The van der Waals surface area contributed by atoms with Gasteiger partial charge in [0.2, 0.25) is 6.07 Å². The predicted molar refractivity (Wildman–Crippen MR) is 44.0 cm³/mol. The highest BCUT2D eigenvalue weighted by molar-refractivity contribution is 6.22. The third-order valence-electron chi connectivity index (χ3n) is 3.34. The van der Waals surface area contributed by atoms with Crippen molar-refractivity contribution in [2.24, 2.45) is 17.8 Å². The van der Waals surface area contributed by atoms with Gasteiger partial charge >= 0.3 is 0 Å². The highest BCUT2D eigenvalue weighted by atomic mass is 35.5. The number of fused-ring (bicyclic) bond motifs is 2. The standard InChI is InChI=1S/C9H13ClO/c1-6-4-7-2-3-8(6)9(7)11-5-10/h6-9H,2-4H2,1H3/t6-,7?,8?,9+/m1/s1. The molecular formula is C9H13ClO. The lowest BCUT2D eigenvalue weighted by Crippen LogP contribution is -2.17. The summed E-state index contributed by atoms with van der Waals surface area (Å²) in [6.07, 6.45) is 4.38. The maximum absolute atomic E-state index is 5.32. The molecule has 0 aromatic heterocycles. The van der Waals surface area contributed by atoms with Gasteiger partial charge in [-0.15, -0.1) is 0 Å². The van der Waals surface area contributed by atoms with E-state index in [9.17, 15) is 0 Å². The molecule has 0 aromatic carbocycles. The second kappa shape index (κ2) is 2.95. The monoisotopic (exact) mass is 172 g/mol. The van der Waals surface area contributed by atoms with Crippen molar-refractivity contribution in [2.45, 2.75) is 32.3 Å². The van der Waals surface area contributed by atoms with Gasteiger partial charge in [-0.3, -0.25) is 0 Å². The Morgan fingerprint density at radius 2 is 2.27 bits per heavy atom. The Balaban J connectivity index is 2.01. The van der Waals surface area contributed by atoms with Gasteiger partial charge in [0, 0.05) is 0 Å². The number of hydrogen-bond donors (Lipinski definition) is 0. The average Bonchev–Trinajstić information content (AvgIpc) is 2.46. The normalized spacial score (nSPS) is 48.5. The van der Waals surface area contributed by atoms with Crippen molar-refractivity contribution in [3.05, 3.63) is 6.07 Å². The molecule has 4 atom stereocenters. The molecule has 0 spiro atoms. The van der Waals surface area contributed by atoms with Crippen LogP contribution in [0.5, 0.6) is 0 Å². The number of halogens is 1. The molecule has 2 aliphatic rings. The first kappa shape index (κ1) is 7.88. The van der Waals surface area contributed by atoms with Crippen LogP contribution in [-0.2, 0) is 4.74 Å². The molecule has 0 aromatic rings. The van der Waals surface area contributed by atoms with E-state index in [2.05, 4.69) is 13.0 Å². The first-order chi connectivity index (χ1) is 5.33. The summed E-state index contributed by atoms with van der Waals surface area (Å²) in [4.78, 5) is 0. The first-order valence-corrected chi connectivity index (χ1v) is 4.72. The fourth-order valence-corrected chi connectivity index (χ4v) is 2.94. The molecule has 62 valence electrons. The van der Waals surface area contributed by atoms with Gasteiger partial charge < -0.3 is 4.74 Å². The minimum Gasteiger partial charge on any atom is -0.348 e. The Morgan fingerprint density at radius 1 is 1.45 bits per heavy atom. The molecule has 2 saturated carbocycles. The lowest BCUT2D eigenvalue weighted by Gasteiger charge is -2.16. The average molecular weight is 173 g/mol. The van der Waals surface area contributed by atoms with Gasteiger partial charge in [-0.25, -0.2) is 0 Å². The van der Waals surface area contributed by atoms with E-state index in [1.165, 1.54) is 19.3 Å². The van der Waals surface area contributed by atoms with Gasteiger partial charge in [-0.1, -0.05) is 18.5 Å². The Hall–Kier alpha value is 0.250. The molecule has 1 nitrogen and oxygen atoms in total. The van der Waals surface area contributed by atoms with Crippen LogP contribution in [-0.4, -0.2) is 6.10 Å². The Morgan fingerprint density at radius 3 is 2.73 bits per heavy atom. The highest BCUT2D eigenvalue weighted by Crippen LogP contribution is 2.49. The summed E-state index contributed by atoms with van der Waals surface area (Å²) in [6.45, 7) is 2.31. The van der Waals surface area contributed by atoms with E-state index in [0.717, 1.165) is 17.8 Å². The highest BCUT2D eigenvalue weighted by Gasteiger charge is 2.46. The first-order valence-electron chi connectivity index (χ1n) is 4.34. The fourth-order valence-electron chi connectivity index (χ4n) is 2.83. The molecule has 2 radical (unpaired) electrons. The zero-order valence-electron chi connectivity index (χ0n) is 6.72. The van der Waals surface area contributed by atoms with Crippen LogP contribution < -0.4 is 0 Å². The van der Waals surface area contributed by atoms with Gasteiger partial charge in [0.05, 0.1) is 6.10 Å². The number of ether oxygens (including phenoxy) is 1. The Bertz CT molecular complexity index is 148. The summed E-state index contributed by atoms with van der Waals surface area (Å²) in [6, 6.07) is 2.30. The van der Waals surface area contributed by atoms with Crippen molar-refractivity contribution in [3.63, 3.8) is 0 Å². The smallest absolute Gasteiger partial charge is 0.237 e. The molecule has 0 heterocycles. The van der Waals surface area contributed by atoms with Crippen LogP contribution in [0, 0.1) is 23.8 Å². The molecule has 0 N–H and O–H groups in total. The van der Waals surface area contributed by atoms with Crippen molar-refractivity contribution in [1.29, 1.82) is 0 Å². The summed E-state index contributed by atoms with van der Waals surface area (Å²) in [5.74, 6) is 2.36. The van der Waals surface area contributed by atoms with Crippen molar-refractivity contribution in [2.75, 3.05) is 0 Å². The SMILES string of the molecule is C[C@@H]1CC2CCC1[C@H]2O[C]Cl. The summed E-state index contributed by atoms with van der Waals surface area (Å²) in [5, 5.41) is 0. The molecule has 2 rings (SSSR count). The molecule has 0 amide bonds. The molecule has 2 fully saturated rings. The van der Waals surface area contributed by atoms with E-state index < -0.39 is 0 Å². The van der Waals surface area contributed by atoms with Crippen molar-refractivity contribution < 1.29 is 4.74 Å². The third kappa shape index (κ3) is 1.19. The van der Waals surface area contributed by atoms with Gasteiger partial charge in [-0.05, 0) is 37.0 Å². The second-order valence-electron chi connectivity index (χ2n) is 3.87. The second-order valence-corrected chi connectivity index (χ2v) is 4.03. The van der Waals surface area contributed by atoms with Crippen LogP contribution in [0.4, 0.5) is 0 Å². The van der Waals surface area contributed by atoms with Crippen molar-refractivity contribution in [3.8, 4) is 0 Å². The zero-order chi connectivity index (χ0) is 7.84. The number of rotatable bonds is 2. The molecule has 0 saturated heterocycles. The van der Waals surface area contributed by atoms with E-state index in [0.29, 0.717) is 6.10 Å². The summed E-state index contributed by atoms with van der Waals surface area (Å²) >= 11 is 5.32. The molecule has 2 bridgehead atoms. The Kier molecular flexibility index (Phi) is 2.11. The van der Waals surface area contributed by atoms with Crippen LogP contribution >= 0.6 is 11.6 Å². The molecular weight excluding hydrogens is 160 g/mol. The largest absolute Gasteiger partial charge is 0.348 e. The molecule has 2 heteroatoms. The maximum Gasteiger partial charge on any atom is 0.237 e. The van der Waals surface area contributed by atoms with E-state index in [-0.39, 0.29) is 0 Å². The minimum atomic E-state index is 0.391. The quantitative estimate of drug-likeness (QED) is 0.623. The molecule has 0 aliphatic heterocycles. The van der Waals surface area contributed by atoms with Gasteiger partial charge in [0.15, 0.2) is 0 Å². The molecule has 2 aliphatic carbocycles. The third-order valence-corrected chi connectivity index (χ3v) is 3.43. The van der Waals surface area contributed by atoms with Gasteiger partial charge in [0.25, 0.3) is 0 Å². The summed E-state index contributed by atoms with van der Waals surface area (Å²) in [7, 11) is 0. The van der Waals surface area contributed by atoms with E-state index in [1.54, 1.807) is 0 Å². The van der Waals surface area contributed by atoms with Gasteiger partial charge in [-0.2, -0.15) is 0 Å². The summed E-state index contributed by atoms with van der Waals surface area (Å²) < 4.78 is 5.28. The minimum absolute atomic E-state index is 0.391. The van der Waals surface area contributed by atoms with Crippen LogP contribution in [0.15, 0.2) is 0 Å². The lowest BCUT2D eigenvalue weighted by atomic mass is 9.91. The van der Waals surface area contributed by atoms with E-state index >= 15 is 0 Å². The van der Waals surface area contributed by atoms with Crippen molar-refractivity contribution in [1.82, 2.24) is 0 Å². The predicted octanol–water partition coefficient (Wildman–Crippen LogP) is 2.67. The van der Waals surface area contributed by atoms with Crippen LogP contribution in [0.25, 0.3) is 0 Å². The molecule has 2 unspecified atom stereocenters. The maximum atomic E-state index is 5.32. The lowest BCUT2D eigenvalue weighted by molar-refractivity contribution is 0.0827. The Labute approximate surface area is 73.1 Å². The zero-order valence-corrected chi connectivity index (χ0v) is 7.47. The van der Waals surface area contributed by atoms with E-state index in [4.69, 9.17) is 16.3 Å². The van der Waals surface area contributed by atoms with Crippen molar-refractivity contribution >= 4 is 11.6 Å². The number of hydrogen-bond acceptors (Lipinski definition) is 1.